The second-order valence-electron chi connectivity index (χ2n) is 7.13. The summed E-state index contributed by atoms with van der Waals surface area (Å²) in [6.45, 7) is 0. The summed E-state index contributed by atoms with van der Waals surface area (Å²) in [7, 11) is 1.79. The highest BCUT2D eigenvalue weighted by molar-refractivity contribution is 5.94. The Hall–Kier alpha value is -2.93. The van der Waals surface area contributed by atoms with Crippen molar-refractivity contribution < 1.29 is 4.74 Å². The lowest BCUT2D eigenvalue weighted by Crippen LogP contribution is -2.29. The zero-order valence-electron chi connectivity index (χ0n) is 15.2. The van der Waals surface area contributed by atoms with Crippen LogP contribution in [0.3, 0.4) is 0 Å². The van der Waals surface area contributed by atoms with Crippen molar-refractivity contribution in [2.45, 2.75) is 37.8 Å². The number of H-pyrrole nitrogens is 1. The van der Waals surface area contributed by atoms with Gasteiger partial charge in [-0.1, -0.05) is 0 Å². The predicted octanol–water partition coefficient (Wildman–Crippen LogP) is 3.64. The van der Waals surface area contributed by atoms with Gasteiger partial charge < -0.3 is 15.0 Å². The maximum Gasteiger partial charge on any atom is 0.224 e. The number of aromatic amines is 1. The van der Waals surface area contributed by atoms with Gasteiger partial charge in [-0.2, -0.15) is 10.1 Å². The number of ether oxygens (including phenoxy) is 1. The lowest BCUT2D eigenvalue weighted by atomic mass is 9.93. The maximum atomic E-state index is 5.44. The molecule has 5 rings (SSSR count). The third-order valence-corrected chi connectivity index (χ3v) is 5.48. The summed E-state index contributed by atoms with van der Waals surface area (Å²) >= 11 is 0. The molecule has 0 spiro atoms. The zero-order chi connectivity index (χ0) is 18.2. The summed E-state index contributed by atoms with van der Waals surface area (Å²) in [5, 5.41) is 8.75. The molecule has 1 fully saturated rings. The van der Waals surface area contributed by atoms with Crippen molar-refractivity contribution in [1.82, 2.24) is 24.6 Å². The number of methoxy groups -OCH3 is 1. The molecule has 4 aromatic rings. The normalized spacial score (nSPS) is 20.3. The number of rotatable bonds is 4. The Bertz CT molecular complexity index is 1080. The summed E-state index contributed by atoms with van der Waals surface area (Å²) < 4.78 is 7.30. The van der Waals surface area contributed by atoms with E-state index in [-0.39, 0.29) is 0 Å². The summed E-state index contributed by atoms with van der Waals surface area (Å²) in [6.07, 6.45) is 12.4. The minimum atomic E-state index is 0.394. The fourth-order valence-electron chi connectivity index (χ4n) is 3.93. The van der Waals surface area contributed by atoms with Crippen LogP contribution in [0, 0.1) is 0 Å². The van der Waals surface area contributed by atoms with Crippen LogP contribution in [0.2, 0.25) is 0 Å². The molecule has 0 aromatic carbocycles. The van der Waals surface area contributed by atoms with Crippen LogP contribution in [-0.4, -0.2) is 43.8 Å². The molecule has 4 heterocycles. The van der Waals surface area contributed by atoms with E-state index in [0.717, 1.165) is 53.4 Å². The van der Waals surface area contributed by atoms with Crippen molar-refractivity contribution in [2.75, 3.05) is 12.4 Å². The van der Waals surface area contributed by atoms with E-state index >= 15 is 0 Å². The Morgan fingerprint density at radius 2 is 2.11 bits per heavy atom. The Morgan fingerprint density at radius 3 is 2.96 bits per heavy atom. The van der Waals surface area contributed by atoms with Crippen LogP contribution in [0.25, 0.3) is 27.7 Å². The largest absolute Gasteiger partial charge is 0.381 e. The minimum absolute atomic E-state index is 0.394. The van der Waals surface area contributed by atoms with Crippen molar-refractivity contribution in [3.05, 3.63) is 43.0 Å². The molecule has 138 valence electrons. The van der Waals surface area contributed by atoms with E-state index in [1.54, 1.807) is 13.3 Å². The molecule has 0 radical (unpaired) electrons. The molecule has 0 saturated heterocycles. The smallest absolute Gasteiger partial charge is 0.224 e. The molecule has 1 aliphatic carbocycles. The van der Waals surface area contributed by atoms with Gasteiger partial charge in [0.1, 0.15) is 5.65 Å². The Labute approximate surface area is 156 Å². The average molecular weight is 362 g/mol. The van der Waals surface area contributed by atoms with Gasteiger partial charge in [-0.3, -0.25) is 0 Å². The predicted molar refractivity (Wildman–Crippen MR) is 105 cm³/mol. The number of fused-ring (bicyclic) bond motifs is 2. The van der Waals surface area contributed by atoms with Gasteiger partial charge >= 0.3 is 0 Å². The molecule has 1 aliphatic rings. The highest BCUT2D eigenvalue weighted by Crippen LogP contribution is 2.29. The van der Waals surface area contributed by atoms with Gasteiger partial charge in [0.15, 0.2) is 0 Å². The van der Waals surface area contributed by atoms with Crippen LogP contribution in [0.5, 0.6) is 0 Å². The van der Waals surface area contributed by atoms with Crippen molar-refractivity contribution in [3.63, 3.8) is 0 Å². The Kier molecular flexibility index (Phi) is 4.01. The van der Waals surface area contributed by atoms with Gasteiger partial charge in [-0.15, -0.1) is 0 Å². The van der Waals surface area contributed by atoms with E-state index in [2.05, 4.69) is 37.5 Å². The third-order valence-electron chi connectivity index (χ3n) is 5.48. The second kappa shape index (κ2) is 6.66. The highest BCUT2D eigenvalue weighted by atomic mass is 16.5. The van der Waals surface area contributed by atoms with Crippen LogP contribution in [0.1, 0.15) is 25.7 Å². The zero-order valence-corrected chi connectivity index (χ0v) is 15.2. The molecule has 7 heteroatoms. The molecule has 4 aromatic heterocycles. The van der Waals surface area contributed by atoms with Gasteiger partial charge in [-0.05, 0) is 49.4 Å². The van der Waals surface area contributed by atoms with E-state index < -0.39 is 0 Å². The summed E-state index contributed by atoms with van der Waals surface area (Å²) in [5.74, 6) is 0.683. The molecule has 0 amide bonds. The Balaban J connectivity index is 1.39. The fraction of sp³-hybridized carbons (Fsp3) is 0.350. The first-order chi connectivity index (χ1) is 13.3. The molecule has 0 unspecified atom stereocenters. The maximum absolute atomic E-state index is 5.44. The molecule has 1 saturated carbocycles. The van der Waals surface area contributed by atoms with Crippen molar-refractivity contribution >= 4 is 22.5 Å². The van der Waals surface area contributed by atoms with Gasteiger partial charge in [0.2, 0.25) is 5.95 Å². The Morgan fingerprint density at radius 1 is 1.22 bits per heavy atom. The van der Waals surface area contributed by atoms with Crippen LogP contribution >= 0.6 is 0 Å². The molecule has 0 aliphatic heterocycles. The molecule has 2 N–H and O–H groups in total. The van der Waals surface area contributed by atoms with E-state index in [1.165, 1.54) is 0 Å². The van der Waals surface area contributed by atoms with Crippen LogP contribution < -0.4 is 5.32 Å². The number of pyridine rings is 1. The third kappa shape index (κ3) is 3.04. The number of nitrogens with zero attached hydrogens (tertiary/aromatic N) is 4. The average Bonchev–Trinajstić information content (AvgIpc) is 3.34. The topological polar surface area (TPSA) is 80.1 Å². The van der Waals surface area contributed by atoms with E-state index in [9.17, 15) is 0 Å². The second-order valence-corrected chi connectivity index (χ2v) is 7.13. The molecule has 0 atom stereocenters. The summed E-state index contributed by atoms with van der Waals surface area (Å²) in [6, 6.07) is 6.58. The first-order valence-corrected chi connectivity index (χ1v) is 9.37. The number of aromatic nitrogens is 5. The first kappa shape index (κ1) is 16.3. The molecule has 7 nitrogen and oxygen atoms in total. The van der Waals surface area contributed by atoms with E-state index in [4.69, 9.17) is 4.74 Å². The number of hydrogen-bond acceptors (Lipinski definition) is 5. The monoisotopic (exact) mass is 362 g/mol. The van der Waals surface area contributed by atoms with Gasteiger partial charge in [0.25, 0.3) is 0 Å². The van der Waals surface area contributed by atoms with Crippen molar-refractivity contribution in [2.24, 2.45) is 0 Å². The van der Waals surface area contributed by atoms with Crippen LogP contribution in [0.4, 0.5) is 5.95 Å². The minimum Gasteiger partial charge on any atom is -0.381 e. The SMILES string of the molecule is CO[C@H]1CC[C@@H](Nc2ncc3c(-c4ccn5nccc5c4)c[nH]c3n2)CC1. The molecule has 27 heavy (non-hydrogen) atoms. The lowest BCUT2D eigenvalue weighted by Gasteiger charge is -2.28. The fourth-order valence-corrected chi connectivity index (χ4v) is 3.93. The van der Waals surface area contributed by atoms with Crippen molar-refractivity contribution in [1.29, 1.82) is 0 Å². The van der Waals surface area contributed by atoms with Crippen LogP contribution in [-0.2, 0) is 4.74 Å². The summed E-state index contributed by atoms with van der Waals surface area (Å²) in [5.41, 5.74) is 4.13. The molecular weight excluding hydrogens is 340 g/mol. The van der Waals surface area contributed by atoms with E-state index in [1.807, 2.05) is 29.2 Å². The standard InChI is InChI=1S/C20H22N6O/c1-27-16-4-2-14(3-5-16)24-20-22-12-18-17(11-21-19(18)25-20)13-7-9-26-15(10-13)6-8-23-26/h6-12,14,16H,2-5H2,1H3,(H2,21,22,24,25)/t14-,16+. The van der Waals surface area contributed by atoms with Crippen LogP contribution in [0.15, 0.2) is 43.0 Å². The summed E-state index contributed by atoms with van der Waals surface area (Å²) in [4.78, 5) is 12.5. The van der Waals surface area contributed by atoms with Gasteiger partial charge in [0, 0.05) is 48.9 Å². The van der Waals surface area contributed by atoms with Gasteiger partial charge in [0.05, 0.1) is 11.6 Å². The van der Waals surface area contributed by atoms with Crippen molar-refractivity contribution in [3.8, 4) is 11.1 Å². The quantitative estimate of drug-likeness (QED) is 0.579. The lowest BCUT2D eigenvalue weighted by molar-refractivity contribution is 0.0681. The van der Waals surface area contributed by atoms with Gasteiger partial charge in [-0.25, -0.2) is 9.50 Å². The molecule has 0 bridgehead atoms. The highest BCUT2D eigenvalue weighted by Gasteiger charge is 2.21. The number of anilines is 1. The first-order valence-electron chi connectivity index (χ1n) is 9.37. The molecular formula is C20H22N6O. The number of hydrogen-bond donors (Lipinski definition) is 2. The van der Waals surface area contributed by atoms with E-state index in [0.29, 0.717) is 18.1 Å². The number of nitrogens with one attached hydrogen (secondary N) is 2.